The number of benzene rings is 3. The molecule has 1 aliphatic heterocycles. The monoisotopic (exact) mass is 496 g/mol. The number of fused-ring (bicyclic) bond motifs is 2. The first kappa shape index (κ1) is 22.6. The summed E-state index contributed by atoms with van der Waals surface area (Å²) in [6, 6.07) is 18.7. The third-order valence-electron chi connectivity index (χ3n) is 6.94. The molecule has 1 saturated heterocycles. The van der Waals surface area contributed by atoms with Crippen LogP contribution in [0.4, 0.5) is 15.8 Å². The van der Waals surface area contributed by atoms with Gasteiger partial charge in [-0.1, -0.05) is 18.2 Å². The predicted octanol–water partition coefficient (Wildman–Crippen LogP) is 7.41. The van der Waals surface area contributed by atoms with Crippen molar-refractivity contribution in [2.45, 2.75) is 32.2 Å². The topological polar surface area (TPSA) is 58.1 Å². The molecular formula is C29H25FN4OS. The van der Waals surface area contributed by atoms with Gasteiger partial charge in [0.15, 0.2) is 0 Å². The van der Waals surface area contributed by atoms with Crippen LogP contribution in [-0.2, 0) is 0 Å². The number of halogens is 1. The Morgan fingerprint density at radius 3 is 2.81 bits per heavy atom. The Kier molecular flexibility index (Phi) is 5.85. The molecule has 1 atom stereocenters. The quantitative estimate of drug-likeness (QED) is 0.281. The maximum Gasteiger partial charge on any atom is 0.254 e. The molecule has 1 unspecified atom stereocenters. The van der Waals surface area contributed by atoms with Gasteiger partial charge >= 0.3 is 0 Å². The number of anilines is 2. The highest BCUT2D eigenvalue weighted by molar-refractivity contribution is 7.16. The number of likely N-dealkylation sites (tertiary alicyclic amines) is 1. The molecule has 0 radical (unpaired) electrons. The summed E-state index contributed by atoms with van der Waals surface area (Å²) in [5.74, 6) is -0.505. The van der Waals surface area contributed by atoms with Gasteiger partial charge in [0, 0.05) is 46.7 Å². The Hall–Kier alpha value is -3.84. The van der Waals surface area contributed by atoms with Gasteiger partial charge in [0.2, 0.25) is 0 Å². The number of amides is 1. The molecule has 3 heterocycles. The maximum atomic E-state index is 15.2. The van der Waals surface area contributed by atoms with Gasteiger partial charge in [-0.2, -0.15) is 0 Å². The molecule has 180 valence electrons. The van der Waals surface area contributed by atoms with Crippen molar-refractivity contribution in [3.8, 4) is 11.1 Å². The summed E-state index contributed by atoms with van der Waals surface area (Å²) < 4.78 is 16.4. The highest BCUT2D eigenvalue weighted by Crippen LogP contribution is 2.32. The minimum atomic E-state index is -0.407. The SMILES string of the molecule is CC1CCCCN1C(=O)c1ccc(-c2ccc3c(Nc4ccc5scnc5c4)ccnc3c2)c(F)c1. The molecule has 1 aliphatic rings. The van der Waals surface area contributed by atoms with Crippen LogP contribution in [-0.4, -0.2) is 33.4 Å². The molecule has 2 aromatic heterocycles. The molecule has 5 nitrogen and oxygen atoms in total. The second kappa shape index (κ2) is 9.32. The fourth-order valence-electron chi connectivity index (χ4n) is 4.96. The summed E-state index contributed by atoms with van der Waals surface area (Å²) in [6.45, 7) is 2.79. The Labute approximate surface area is 212 Å². The van der Waals surface area contributed by atoms with Crippen molar-refractivity contribution in [3.05, 3.63) is 83.8 Å². The fraction of sp³-hybridized carbons (Fsp3) is 0.207. The van der Waals surface area contributed by atoms with E-state index in [1.165, 1.54) is 6.07 Å². The van der Waals surface area contributed by atoms with E-state index in [0.29, 0.717) is 11.1 Å². The molecule has 0 bridgehead atoms. The number of piperidine rings is 1. The van der Waals surface area contributed by atoms with Gasteiger partial charge in [0.25, 0.3) is 5.91 Å². The van der Waals surface area contributed by atoms with Crippen molar-refractivity contribution in [2.24, 2.45) is 0 Å². The first-order valence-electron chi connectivity index (χ1n) is 12.2. The van der Waals surface area contributed by atoms with E-state index in [1.807, 2.05) is 46.8 Å². The van der Waals surface area contributed by atoms with Crippen LogP contribution in [0.1, 0.15) is 36.5 Å². The highest BCUT2D eigenvalue weighted by atomic mass is 32.1. The lowest BCUT2D eigenvalue weighted by Crippen LogP contribution is -2.42. The largest absolute Gasteiger partial charge is 0.355 e. The van der Waals surface area contributed by atoms with Gasteiger partial charge < -0.3 is 10.2 Å². The normalized spacial score (nSPS) is 15.9. The number of pyridine rings is 1. The van der Waals surface area contributed by atoms with Crippen molar-refractivity contribution in [3.63, 3.8) is 0 Å². The lowest BCUT2D eigenvalue weighted by molar-refractivity contribution is 0.0635. The maximum absolute atomic E-state index is 15.2. The number of nitrogens with zero attached hydrogens (tertiary/aromatic N) is 3. The van der Waals surface area contributed by atoms with Gasteiger partial charge in [-0.3, -0.25) is 9.78 Å². The van der Waals surface area contributed by atoms with Crippen LogP contribution in [0.5, 0.6) is 0 Å². The molecular weight excluding hydrogens is 471 g/mol. The lowest BCUT2D eigenvalue weighted by Gasteiger charge is -2.33. The van der Waals surface area contributed by atoms with Crippen LogP contribution in [0, 0.1) is 5.82 Å². The van der Waals surface area contributed by atoms with E-state index < -0.39 is 5.82 Å². The van der Waals surface area contributed by atoms with Crippen molar-refractivity contribution in [2.75, 3.05) is 11.9 Å². The Morgan fingerprint density at radius 1 is 1.03 bits per heavy atom. The van der Waals surface area contributed by atoms with Crippen molar-refractivity contribution >= 4 is 49.7 Å². The third kappa shape index (κ3) is 4.20. The van der Waals surface area contributed by atoms with Gasteiger partial charge in [-0.15, -0.1) is 11.3 Å². The number of hydrogen-bond donors (Lipinski definition) is 1. The number of carbonyl (C=O) groups excluding carboxylic acids is 1. The molecule has 5 aromatic rings. The third-order valence-corrected chi connectivity index (χ3v) is 7.75. The van der Waals surface area contributed by atoms with Crippen LogP contribution in [0.15, 0.2) is 72.4 Å². The predicted molar refractivity (Wildman–Crippen MR) is 144 cm³/mol. The second-order valence-corrected chi connectivity index (χ2v) is 10.2. The summed E-state index contributed by atoms with van der Waals surface area (Å²) in [5.41, 5.74) is 6.98. The Morgan fingerprint density at radius 2 is 1.94 bits per heavy atom. The molecule has 7 heteroatoms. The molecule has 1 N–H and O–H groups in total. The summed E-state index contributed by atoms with van der Waals surface area (Å²) in [4.78, 5) is 23.7. The summed E-state index contributed by atoms with van der Waals surface area (Å²) in [7, 11) is 0. The number of carbonyl (C=O) groups is 1. The average molecular weight is 497 g/mol. The minimum absolute atomic E-state index is 0.0978. The zero-order chi connectivity index (χ0) is 24.6. The summed E-state index contributed by atoms with van der Waals surface area (Å²) in [6.07, 6.45) is 4.87. The highest BCUT2D eigenvalue weighted by Gasteiger charge is 2.25. The van der Waals surface area contributed by atoms with Gasteiger partial charge in [0.1, 0.15) is 5.82 Å². The zero-order valence-electron chi connectivity index (χ0n) is 19.9. The number of rotatable bonds is 4. The first-order chi connectivity index (χ1) is 17.6. The van der Waals surface area contributed by atoms with Crippen molar-refractivity contribution in [1.82, 2.24) is 14.9 Å². The van der Waals surface area contributed by atoms with Gasteiger partial charge in [0.05, 0.1) is 21.2 Å². The van der Waals surface area contributed by atoms with Crippen molar-refractivity contribution in [1.29, 1.82) is 0 Å². The molecule has 1 amide bonds. The van der Waals surface area contributed by atoms with Crippen LogP contribution in [0.2, 0.25) is 0 Å². The molecule has 1 fully saturated rings. The number of thiazole rings is 1. The molecule has 6 rings (SSSR count). The molecule has 36 heavy (non-hydrogen) atoms. The molecule has 0 spiro atoms. The zero-order valence-corrected chi connectivity index (χ0v) is 20.7. The molecule has 0 aliphatic carbocycles. The lowest BCUT2D eigenvalue weighted by atomic mass is 9.99. The average Bonchev–Trinajstić information content (AvgIpc) is 3.36. The van der Waals surface area contributed by atoms with Crippen LogP contribution in [0.3, 0.4) is 0 Å². The van der Waals surface area contributed by atoms with Gasteiger partial charge in [-0.05, 0) is 74.2 Å². The van der Waals surface area contributed by atoms with E-state index >= 15 is 4.39 Å². The van der Waals surface area contributed by atoms with E-state index in [0.717, 1.165) is 63.9 Å². The standard InChI is InChI=1S/C29H25FN4OS/c1-18-4-2-3-13-34(18)29(35)20-6-8-22(24(30)14-20)19-5-9-23-25(11-12-31-26(23)15-19)33-21-7-10-28-27(16-21)32-17-36-28/h5-12,14-18H,2-4,13H2,1H3,(H,31,33). The molecule has 0 saturated carbocycles. The molecule has 3 aromatic carbocycles. The number of aromatic nitrogens is 2. The van der Waals surface area contributed by atoms with Crippen LogP contribution >= 0.6 is 11.3 Å². The Balaban J connectivity index is 1.29. The van der Waals surface area contributed by atoms with Gasteiger partial charge in [-0.25, -0.2) is 9.37 Å². The second-order valence-electron chi connectivity index (χ2n) is 9.29. The van der Waals surface area contributed by atoms with E-state index in [1.54, 1.807) is 29.7 Å². The Bertz CT molecular complexity index is 1600. The van der Waals surface area contributed by atoms with Crippen LogP contribution < -0.4 is 5.32 Å². The number of hydrogen-bond acceptors (Lipinski definition) is 5. The number of nitrogens with one attached hydrogen (secondary N) is 1. The minimum Gasteiger partial charge on any atom is -0.355 e. The smallest absolute Gasteiger partial charge is 0.254 e. The van der Waals surface area contributed by atoms with Crippen LogP contribution in [0.25, 0.3) is 32.2 Å². The van der Waals surface area contributed by atoms with E-state index in [9.17, 15) is 4.79 Å². The van der Waals surface area contributed by atoms with Crippen molar-refractivity contribution < 1.29 is 9.18 Å². The van der Waals surface area contributed by atoms with E-state index in [2.05, 4.69) is 28.3 Å². The van der Waals surface area contributed by atoms with E-state index in [4.69, 9.17) is 0 Å². The first-order valence-corrected chi connectivity index (χ1v) is 13.0. The van der Waals surface area contributed by atoms with E-state index in [-0.39, 0.29) is 11.9 Å². The summed E-state index contributed by atoms with van der Waals surface area (Å²) in [5, 5.41) is 4.40. The fourth-order valence-corrected chi connectivity index (χ4v) is 5.62. The summed E-state index contributed by atoms with van der Waals surface area (Å²) >= 11 is 1.61.